The van der Waals surface area contributed by atoms with Crippen LogP contribution in [0.2, 0.25) is 0 Å². The highest BCUT2D eigenvalue weighted by molar-refractivity contribution is 5.95. The van der Waals surface area contributed by atoms with Crippen molar-refractivity contribution in [3.05, 3.63) is 0 Å². The predicted octanol–water partition coefficient (Wildman–Crippen LogP) is -3.73. The fraction of sp³-hybridized carbons (Fsp3) is 0.611. The van der Waals surface area contributed by atoms with E-state index in [-0.39, 0.29) is 31.8 Å². The number of guanidine groups is 1. The number of nitrogens with two attached hydrogens (primary N) is 3. The summed E-state index contributed by atoms with van der Waals surface area (Å²) in [5.74, 6) is -7.30. The minimum absolute atomic E-state index is 0.0851. The Kier molecular flexibility index (Phi) is 13.2. The van der Waals surface area contributed by atoms with Crippen molar-refractivity contribution in [2.24, 2.45) is 22.2 Å². The van der Waals surface area contributed by atoms with E-state index in [1.807, 2.05) is 0 Å². The lowest BCUT2D eigenvalue weighted by Gasteiger charge is -2.24. The molecule has 16 heteroatoms. The molecule has 0 aromatic carbocycles. The first kappa shape index (κ1) is 30.0. The van der Waals surface area contributed by atoms with E-state index in [1.54, 1.807) is 0 Å². The summed E-state index contributed by atoms with van der Waals surface area (Å²) in [7, 11) is 0. The molecule has 0 aliphatic rings. The van der Waals surface area contributed by atoms with Gasteiger partial charge in [-0.25, -0.2) is 4.79 Å². The Morgan fingerprint density at radius 2 is 1.32 bits per heavy atom. The number of nitrogens with zero attached hydrogens (tertiary/aromatic N) is 1. The van der Waals surface area contributed by atoms with E-state index < -0.39 is 72.6 Å². The van der Waals surface area contributed by atoms with Gasteiger partial charge in [0.25, 0.3) is 0 Å². The van der Waals surface area contributed by atoms with Crippen molar-refractivity contribution < 1.29 is 44.1 Å². The molecule has 34 heavy (non-hydrogen) atoms. The highest BCUT2D eigenvalue weighted by atomic mass is 16.4. The number of carbonyl (C=O) groups excluding carboxylic acids is 3. The largest absolute Gasteiger partial charge is 0.481 e. The fourth-order valence-electron chi connectivity index (χ4n) is 2.53. The molecule has 0 fully saturated rings. The molecule has 4 unspecified atom stereocenters. The molecule has 192 valence electrons. The zero-order valence-corrected chi connectivity index (χ0v) is 18.5. The molecule has 0 heterocycles. The van der Waals surface area contributed by atoms with Crippen LogP contribution in [0.3, 0.4) is 0 Å². The molecule has 0 aliphatic heterocycles. The van der Waals surface area contributed by atoms with Crippen LogP contribution < -0.4 is 33.2 Å². The molecule has 0 aromatic heterocycles. The van der Waals surface area contributed by atoms with E-state index in [1.165, 1.54) is 6.92 Å². The Labute approximate surface area is 194 Å². The summed E-state index contributed by atoms with van der Waals surface area (Å²) >= 11 is 0. The van der Waals surface area contributed by atoms with E-state index in [4.69, 9.17) is 27.4 Å². The maximum absolute atomic E-state index is 12.6. The van der Waals surface area contributed by atoms with Crippen molar-refractivity contribution >= 4 is 41.6 Å². The van der Waals surface area contributed by atoms with Gasteiger partial charge in [0, 0.05) is 13.0 Å². The number of aliphatic imine (C=N–C) groups is 1. The summed E-state index contributed by atoms with van der Waals surface area (Å²) in [6.07, 6.45) is -1.73. The molecule has 0 spiro atoms. The maximum Gasteiger partial charge on any atom is 0.326 e. The lowest BCUT2D eigenvalue weighted by molar-refractivity contribution is -0.143. The summed E-state index contributed by atoms with van der Waals surface area (Å²) in [5, 5.41) is 33.7. The average molecular weight is 489 g/mol. The molecule has 0 aliphatic carbocycles. The molecule has 4 atom stereocenters. The van der Waals surface area contributed by atoms with E-state index in [2.05, 4.69) is 20.9 Å². The molecule has 3 amide bonds. The van der Waals surface area contributed by atoms with Crippen molar-refractivity contribution in [1.82, 2.24) is 16.0 Å². The van der Waals surface area contributed by atoms with Crippen molar-refractivity contribution in [2.45, 2.75) is 63.2 Å². The number of carbonyl (C=O) groups is 6. The van der Waals surface area contributed by atoms with Crippen LogP contribution >= 0.6 is 0 Å². The summed E-state index contributed by atoms with van der Waals surface area (Å²) in [6.45, 7) is 1.41. The average Bonchev–Trinajstić information content (AvgIpc) is 2.71. The molecule has 0 aromatic rings. The van der Waals surface area contributed by atoms with Gasteiger partial charge in [-0.2, -0.15) is 0 Å². The minimum Gasteiger partial charge on any atom is -0.481 e. The molecule has 0 bridgehead atoms. The zero-order valence-electron chi connectivity index (χ0n) is 18.5. The third kappa shape index (κ3) is 12.8. The van der Waals surface area contributed by atoms with Crippen LogP contribution in [-0.4, -0.2) is 87.6 Å². The van der Waals surface area contributed by atoms with Crippen LogP contribution in [0, 0.1) is 0 Å². The van der Waals surface area contributed by atoms with Crippen molar-refractivity contribution in [1.29, 1.82) is 0 Å². The van der Waals surface area contributed by atoms with Crippen molar-refractivity contribution in [3.63, 3.8) is 0 Å². The maximum atomic E-state index is 12.6. The third-order valence-electron chi connectivity index (χ3n) is 4.27. The van der Waals surface area contributed by atoms with Crippen molar-refractivity contribution in [2.75, 3.05) is 6.54 Å². The third-order valence-corrected chi connectivity index (χ3v) is 4.27. The predicted molar refractivity (Wildman–Crippen MR) is 116 cm³/mol. The fourth-order valence-corrected chi connectivity index (χ4v) is 2.53. The smallest absolute Gasteiger partial charge is 0.326 e. The molecular weight excluding hydrogens is 458 g/mol. The Balaban J connectivity index is 5.44. The standard InChI is InChI=1S/C18H31N7O9/c1-8(19)14(30)23-9(4-5-12(26)27)15(31)25-11(7-13(28)29)16(32)24-10(17(33)34)3-2-6-22-18(20)21/h8-11H,2-7,19H2,1H3,(H,23,30)(H,24,32)(H,25,31)(H,26,27)(H,28,29)(H,33,34)(H4,20,21,22). The number of carboxylic acids is 3. The van der Waals surface area contributed by atoms with Gasteiger partial charge in [-0.3, -0.25) is 29.0 Å². The Morgan fingerprint density at radius 3 is 1.79 bits per heavy atom. The van der Waals surface area contributed by atoms with Crippen LogP contribution in [0.5, 0.6) is 0 Å². The molecule has 0 saturated carbocycles. The lowest BCUT2D eigenvalue weighted by atomic mass is 10.1. The number of amides is 3. The molecule has 0 radical (unpaired) electrons. The van der Waals surface area contributed by atoms with Crippen LogP contribution in [0.15, 0.2) is 4.99 Å². The first-order valence-electron chi connectivity index (χ1n) is 10.1. The van der Waals surface area contributed by atoms with Crippen LogP contribution in [0.4, 0.5) is 0 Å². The topological polar surface area (TPSA) is 290 Å². The molecule has 16 nitrogen and oxygen atoms in total. The second-order valence-electron chi connectivity index (χ2n) is 7.29. The number of rotatable bonds is 16. The summed E-state index contributed by atoms with van der Waals surface area (Å²) in [4.78, 5) is 74.2. The molecular formula is C18H31N7O9. The number of aliphatic carboxylic acids is 3. The van der Waals surface area contributed by atoms with E-state index >= 15 is 0 Å². The van der Waals surface area contributed by atoms with Crippen LogP contribution in [-0.2, 0) is 28.8 Å². The highest BCUT2D eigenvalue weighted by Gasteiger charge is 2.31. The van der Waals surface area contributed by atoms with Gasteiger partial charge in [-0.05, 0) is 26.2 Å². The number of nitrogens with one attached hydrogen (secondary N) is 3. The lowest BCUT2D eigenvalue weighted by Crippen LogP contribution is -2.57. The van der Waals surface area contributed by atoms with Gasteiger partial charge in [-0.15, -0.1) is 0 Å². The normalized spacial score (nSPS) is 13.9. The molecule has 12 N–H and O–H groups in total. The zero-order chi connectivity index (χ0) is 26.4. The Hall–Kier alpha value is -3.95. The SMILES string of the molecule is CC(N)C(=O)NC(CCC(=O)O)C(=O)NC(CC(=O)O)C(=O)NC(CCCN=C(N)N)C(=O)O. The minimum atomic E-state index is -1.72. The monoisotopic (exact) mass is 489 g/mol. The van der Waals surface area contributed by atoms with E-state index in [0.717, 1.165) is 0 Å². The van der Waals surface area contributed by atoms with Gasteiger partial charge in [0.2, 0.25) is 17.7 Å². The van der Waals surface area contributed by atoms with Crippen molar-refractivity contribution in [3.8, 4) is 0 Å². The first-order valence-corrected chi connectivity index (χ1v) is 10.1. The quantitative estimate of drug-likeness (QED) is 0.0574. The van der Waals surface area contributed by atoms with Crippen LogP contribution in [0.1, 0.15) is 39.0 Å². The summed E-state index contributed by atoms with van der Waals surface area (Å²) in [6, 6.07) is -5.62. The number of hydrogen-bond acceptors (Lipinski definition) is 8. The van der Waals surface area contributed by atoms with E-state index in [0.29, 0.717) is 0 Å². The molecule has 0 rings (SSSR count). The Morgan fingerprint density at radius 1 is 0.794 bits per heavy atom. The summed E-state index contributed by atoms with van der Waals surface area (Å²) < 4.78 is 0. The van der Waals surface area contributed by atoms with Gasteiger partial charge in [0.05, 0.1) is 12.5 Å². The second-order valence-corrected chi connectivity index (χ2v) is 7.29. The van der Waals surface area contributed by atoms with Gasteiger partial charge >= 0.3 is 17.9 Å². The highest BCUT2D eigenvalue weighted by Crippen LogP contribution is 2.04. The van der Waals surface area contributed by atoms with Crippen LogP contribution in [0.25, 0.3) is 0 Å². The van der Waals surface area contributed by atoms with Gasteiger partial charge in [-0.1, -0.05) is 0 Å². The molecule has 0 saturated heterocycles. The van der Waals surface area contributed by atoms with Gasteiger partial charge in [0.1, 0.15) is 18.1 Å². The summed E-state index contributed by atoms with van der Waals surface area (Å²) in [5.41, 5.74) is 15.8. The number of hydrogen-bond donors (Lipinski definition) is 9. The number of carboxylic acid groups (broad SMARTS) is 3. The first-order chi connectivity index (χ1) is 15.7. The van der Waals surface area contributed by atoms with Gasteiger partial charge in [0.15, 0.2) is 5.96 Å². The Bertz CT molecular complexity index is 797. The van der Waals surface area contributed by atoms with Gasteiger partial charge < -0.3 is 48.5 Å². The van der Waals surface area contributed by atoms with E-state index in [9.17, 15) is 33.9 Å². The second kappa shape index (κ2) is 15.0.